The average Bonchev–Trinajstić information content (AvgIpc) is 2.54. The van der Waals surface area contributed by atoms with Crippen LogP contribution in [0.5, 0.6) is 0 Å². The maximum atomic E-state index is 13.1. The number of anilines is 4. The van der Waals surface area contributed by atoms with Crippen molar-refractivity contribution >= 4 is 40.1 Å². The molecule has 2 rings (SSSR count). The number of rotatable bonds is 3. The third kappa shape index (κ3) is 3.79. The number of hydrazone groups is 1. The van der Waals surface area contributed by atoms with Gasteiger partial charge in [-0.2, -0.15) is 10.1 Å². The molecule has 122 valence electrons. The molecule has 8 nitrogen and oxygen atoms in total. The van der Waals surface area contributed by atoms with Gasteiger partial charge in [0.25, 0.3) is 0 Å². The highest BCUT2D eigenvalue weighted by Crippen LogP contribution is 2.26. The summed E-state index contributed by atoms with van der Waals surface area (Å²) in [4.78, 5) is 7.65. The highest BCUT2D eigenvalue weighted by molar-refractivity contribution is 8.13. The molecule has 0 fully saturated rings. The second-order valence-electron chi connectivity index (χ2n) is 4.54. The van der Waals surface area contributed by atoms with Gasteiger partial charge < -0.3 is 16.9 Å². The predicted molar refractivity (Wildman–Crippen MR) is 92.7 cm³/mol. The molecule has 0 amide bonds. The zero-order valence-electron chi connectivity index (χ0n) is 12.6. The monoisotopic (exact) mass is 336 g/mol. The van der Waals surface area contributed by atoms with Crippen LogP contribution >= 0.6 is 11.8 Å². The smallest absolute Gasteiger partial charge is 0.229 e. The highest BCUT2D eigenvalue weighted by Gasteiger charge is 2.13. The molecule has 0 aliphatic heterocycles. The molecule has 0 spiro atoms. The number of aryl methyl sites for hydroxylation is 1. The van der Waals surface area contributed by atoms with Crippen molar-refractivity contribution in [3.8, 4) is 0 Å². The topological polar surface area (TPSA) is 131 Å². The van der Waals surface area contributed by atoms with Crippen molar-refractivity contribution in [3.63, 3.8) is 0 Å². The van der Waals surface area contributed by atoms with Gasteiger partial charge in [-0.25, -0.2) is 15.2 Å². The summed E-state index contributed by atoms with van der Waals surface area (Å²) in [6.07, 6.45) is 2.82. The molecule has 23 heavy (non-hydrogen) atoms. The Morgan fingerprint density at radius 3 is 2.78 bits per heavy atom. The Morgan fingerprint density at radius 2 is 2.17 bits per heavy atom. The number of nitrogen functional groups attached to an aromatic ring is 1. The van der Waals surface area contributed by atoms with Crippen molar-refractivity contribution in [1.82, 2.24) is 9.97 Å². The molecule has 1 heterocycles. The van der Waals surface area contributed by atoms with Crippen LogP contribution < -0.4 is 27.7 Å². The molecule has 1 aromatic carbocycles. The predicted octanol–water partition coefficient (Wildman–Crippen LogP) is 1.52. The van der Waals surface area contributed by atoms with Crippen molar-refractivity contribution in [2.45, 2.75) is 6.92 Å². The van der Waals surface area contributed by atoms with Gasteiger partial charge in [-0.15, -0.1) is 0 Å². The van der Waals surface area contributed by atoms with Gasteiger partial charge in [0, 0.05) is 5.69 Å². The molecule has 7 N–H and O–H groups in total. The molecule has 0 bridgehead atoms. The van der Waals surface area contributed by atoms with E-state index in [1.54, 1.807) is 6.07 Å². The minimum Gasteiger partial charge on any atom is -0.381 e. The second kappa shape index (κ2) is 7.11. The van der Waals surface area contributed by atoms with E-state index in [2.05, 4.69) is 20.4 Å². The summed E-state index contributed by atoms with van der Waals surface area (Å²) < 4.78 is 13.1. The molecule has 0 aliphatic carbocycles. The van der Waals surface area contributed by atoms with Gasteiger partial charge in [0.15, 0.2) is 11.6 Å². The molecule has 0 atom stereocenters. The van der Waals surface area contributed by atoms with E-state index in [4.69, 9.17) is 17.4 Å². The van der Waals surface area contributed by atoms with Crippen LogP contribution in [-0.2, 0) is 0 Å². The minimum absolute atomic E-state index is 0.180. The van der Waals surface area contributed by atoms with Crippen LogP contribution in [0, 0.1) is 12.7 Å². The molecule has 0 saturated heterocycles. The molecule has 2 aromatic rings. The van der Waals surface area contributed by atoms with Crippen molar-refractivity contribution in [1.29, 1.82) is 0 Å². The van der Waals surface area contributed by atoms with E-state index in [0.29, 0.717) is 16.5 Å². The Hall–Kier alpha value is -2.59. The number of nitrogens with one attached hydrogen (secondary N) is 1. The van der Waals surface area contributed by atoms with Gasteiger partial charge >= 0.3 is 0 Å². The Balaban J connectivity index is 2.31. The average molecular weight is 336 g/mol. The number of aromatic nitrogens is 2. The van der Waals surface area contributed by atoms with E-state index in [0.717, 1.165) is 11.8 Å². The summed E-state index contributed by atoms with van der Waals surface area (Å²) in [6.45, 7) is 1.90. The van der Waals surface area contributed by atoms with Crippen LogP contribution in [0.25, 0.3) is 0 Å². The minimum atomic E-state index is -0.669. The molecule has 0 radical (unpaired) electrons. The lowest BCUT2D eigenvalue weighted by atomic mass is 10.2. The lowest BCUT2D eigenvalue weighted by Crippen LogP contribution is -2.36. The molecule has 0 aliphatic rings. The Morgan fingerprint density at radius 1 is 1.43 bits per heavy atom. The van der Waals surface area contributed by atoms with Gasteiger partial charge in [0.2, 0.25) is 11.1 Å². The fraction of sp³-hybridized carbons (Fsp3) is 0.154. The quantitative estimate of drug-likeness (QED) is 0.287. The number of thioether (sulfide) groups is 1. The Kier molecular flexibility index (Phi) is 5.19. The first-order valence-electron chi connectivity index (χ1n) is 6.48. The number of amidine groups is 1. The van der Waals surface area contributed by atoms with Crippen LogP contribution in [0.1, 0.15) is 5.56 Å². The van der Waals surface area contributed by atoms with Gasteiger partial charge in [0.1, 0.15) is 0 Å². The summed E-state index contributed by atoms with van der Waals surface area (Å²) in [5.41, 5.74) is 7.70. The number of halogens is 1. The summed E-state index contributed by atoms with van der Waals surface area (Å²) >= 11 is 1.32. The number of nitrogens with zero attached hydrogens (tertiary/aromatic N) is 4. The van der Waals surface area contributed by atoms with E-state index >= 15 is 0 Å². The van der Waals surface area contributed by atoms with Gasteiger partial charge in [-0.05, 0) is 30.9 Å². The SMILES string of the molecule is CS/C(=N/N)N(N)c1cc(Nc2ncc(F)c(N)n2)ccc1C. The zero-order chi connectivity index (χ0) is 17.0. The first-order chi connectivity index (χ1) is 11.0. The highest BCUT2D eigenvalue weighted by atomic mass is 32.2. The van der Waals surface area contributed by atoms with Gasteiger partial charge in [-0.1, -0.05) is 17.8 Å². The molecule has 1 aromatic heterocycles. The standard InChI is InChI=1S/C13H17FN8S/c1-7-3-4-8(5-10(7)22(17)13(21-16)23-2)19-12-18-6-9(14)11(15)20-12/h3-6H,16-17H2,1-2H3,(H3,15,18,19,20)/b21-13+. The van der Waals surface area contributed by atoms with Crippen LogP contribution in [0.2, 0.25) is 0 Å². The largest absolute Gasteiger partial charge is 0.381 e. The second-order valence-corrected chi connectivity index (χ2v) is 5.31. The lowest BCUT2D eigenvalue weighted by molar-refractivity contribution is 0.620. The maximum absolute atomic E-state index is 13.1. The Labute approximate surface area is 136 Å². The van der Waals surface area contributed by atoms with Crippen LogP contribution in [-0.4, -0.2) is 21.4 Å². The fourth-order valence-electron chi connectivity index (χ4n) is 1.83. The summed E-state index contributed by atoms with van der Waals surface area (Å²) in [5, 5.41) is 8.41. The van der Waals surface area contributed by atoms with Crippen LogP contribution in [0.3, 0.4) is 0 Å². The molecular weight excluding hydrogens is 319 g/mol. The number of hydrazine groups is 1. The van der Waals surface area contributed by atoms with E-state index < -0.39 is 5.82 Å². The zero-order valence-corrected chi connectivity index (χ0v) is 13.4. The Bertz CT molecular complexity index is 736. The van der Waals surface area contributed by atoms with Gasteiger partial charge in [0.05, 0.1) is 11.9 Å². The van der Waals surface area contributed by atoms with Crippen LogP contribution in [0.4, 0.5) is 27.5 Å². The van der Waals surface area contributed by atoms with Crippen molar-refractivity contribution in [3.05, 3.63) is 35.8 Å². The van der Waals surface area contributed by atoms with Crippen LogP contribution in [0.15, 0.2) is 29.5 Å². The maximum Gasteiger partial charge on any atom is 0.229 e. The van der Waals surface area contributed by atoms with E-state index in [9.17, 15) is 4.39 Å². The third-order valence-electron chi connectivity index (χ3n) is 3.00. The number of hydrogen-bond donors (Lipinski definition) is 4. The van der Waals surface area contributed by atoms with Crippen molar-refractivity contribution in [2.75, 3.05) is 22.3 Å². The summed E-state index contributed by atoms with van der Waals surface area (Å²) in [6, 6.07) is 5.45. The molecule has 10 heteroatoms. The first kappa shape index (κ1) is 16.8. The molecule has 0 unspecified atom stereocenters. The van der Waals surface area contributed by atoms with Crippen molar-refractivity contribution < 1.29 is 4.39 Å². The number of nitrogens with two attached hydrogens (primary N) is 3. The van der Waals surface area contributed by atoms with Gasteiger partial charge in [-0.3, -0.25) is 5.01 Å². The number of benzene rings is 1. The lowest BCUT2D eigenvalue weighted by Gasteiger charge is -2.21. The first-order valence-corrected chi connectivity index (χ1v) is 7.71. The van der Waals surface area contributed by atoms with Crippen molar-refractivity contribution in [2.24, 2.45) is 16.8 Å². The number of hydrogen-bond acceptors (Lipinski definition) is 8. The molecule has 0 saturated carbocycles. The third-order valence-corrected chi connectivity index (χ3v) is 3.66. The summed E-state index contributed by atoms with van der Waals surface area (Å²) in [5.74, 6) is 10.6. The van der Waals surface area contributed by atoms with E-state index in [1.807, 2.05) is 25.3 Å². The normalized spacial score (nSPS) is 11.4. The van der Waals surface area contributed by atoms with E-state index in [-0.39, 0.29) is 11.8 Å². The summed E-state index contributed by atoms with van der Waals surface area (Å²) in [7, 11) is 0. The fourth-order valence-corrected chi connectivity index (χ4v) is 2.23. The van der Waals surface area contributed by atoms with E-state index in [1.165, 1.54) is 16.8 Å². The molecular formula is C13H17FN8S.